The van der Waals surface area contributed by atoms with Gasteiger partial charge in [-0.3, -0.25) is 4.68 Å². The number of nitrogens with zero attached hydrogens (tertiary/aromatic N) is 2. The molecule has 4 heteroatoms. The Labute approximate surface area is 124 Å². The molecule has 0 saturated carbocycles. The molecule has 1 N–H and O–H groups in total. The van der Waals surface area contributed by atoms with E-state index in [2.05, 4.69) is 29.6 Å². The van der Waals surface area contributed by atoms with E-state index in [1.165, 1.54) is 10.9 Å². The SMILES string of the molecule is CNC(c1ccc(OC)cc1)c1nn(C)c2ccccc12. The van der Waals surface area contributed by atoms with Crippen LogP contribution in [0.5, 0.6) is 5.75 Å². The highest BCUT2D eigenvalue weighted by Crippen LogP contribution is 2.28. The van der Waals surface area contributed by atoms with Crippen LogP contribution in [0.3, 0.4) is 0 Å². The lowest BCUT2D eigenvalue weighted by Gasteiger charge is -2.15. The Morgan fingerprint density at radius 1 is 1.10 bits per heavy atom. The molecule has 2 aromatic carbocycles. The smallest absolute Gasteiger partial charge is 0.118 e. The van der Waals surface area contributed by atoms with Gasteiger partial charge < -0.3 is 10.1 Å². The Hall–Kier alpha value is -2.33. The Balaban J connectivity index is 2.09. The molecule has 0 bridgehead atoms. The van der Waals surface area contributed by atoms with Crippen molar-refractivity contribution in [1.82, 2.24) is 15.1 Å². The summed E-state index contributed by atoms with van der Waals surface area (Å²) >= 11 is 0. The Morgan fingerprint density at radius 3 is 2.48 bits per heavy atom. The molecular formula is C17H19N3O. The van der Waals surface area contributed by atoms with Gasteiger partial charge in [0.1, 0.15) is 5.75 Å². The van der Waals surface area contributed by atoms with Crippen LogP contribution in [0.4, 0.5) is 0 Å². The largest absolute Gasteiger partial charge is 0.497 e. The fourth-order valence-corrected chi connectivity index (χ4v) is 2.71. The minimum Gasteiger partial charge on any atom is -0.497 e. The summed E-state index contributed by atoms with van der Waals surface area (Å²) in [5, 5.41) is 9.24. The fourth-order valence-electron chi connectivity index (χ4n) is 2.71. The van der Waals surface area contributed by atoms with Crippen molar-refractivity contribution >= 4 is 10.9 Å². The lowest BCUT2D eigenvalue weighted by atomic mass is 10.0. The predicted molar refractivity (Wildman–Crippen MR) is 84.6 cm³/mol. The Kier molecular flexibility index (Phi) is 3.62. The first-order valence-electron chi connectivity index (χ1n) is 6.97. The fraction of sp³-hybridized carbons (Fsp3) is 0.235. The topological polar surface area (TPSA) is 39.1 Å². The van der Waals surface area contributed by atoms with Crippen molar-refractivity contribution in [3.05, 3.63) is 59.8 Å². The number of ether oxygens (including phenoxy) is 1. The molecule has 1 atom stereocenters. The molecule has 0 amide bonds. The number of nitrogens with one attached hydrogen (secondary N) is 1. The molecule has 1 aromatic heterocycles. The third-order valence-corrected chi connectivity index (χ3v) is 3.80. The molecule has 1 heterocycles. The van der Waals surface area contributed by atoms with Gasteiger partial charge in [0.05, 0.1) is 24.4 Å². The van der Waals surface area contributed by atoms with E-state index in [0.29, 0.717) is 0 Å². The normalized spacial score (nSPS) is 12.5. The van der Waals surface area contributed by atoms with Crippen LogP contribution in [0.15, 0.2) is 48.5 Å². The van der Waals surface area contributed by atoms with Crippen molar-refractivity contribution in [3.8, 4) is 5.75 Å². The molecule has 0 radical (unpaired) electrons. The zero-order chi connectivity index (χ0) is 14.8. The van der Waals surface area contributed by atoms with Gasteiger partial charge in [-0.2, -0.15) is 5.10 Å². The molecule has 0 fully saturated rings. The van der Waals surface area contributed by atoms with E-state index in [1.54, 1.807) is 7.11 Å². The summed E-state index contributed by atoms with van der Waals surface area (Å²) in [5.74, 6) is 0.861. The second kappa shape index (κ2) is 5.58. The highest BCUT2D eigenvalue weighted by atomic mass is 16.5. The number of hydrogen-bond donors (Lipinski definition) is 1. The molecule has 0 spiro atoms. The molecule has 0 aliphatic heterocycles. The van der Waals surface area contributed by atoms with Gasteiger partial charge >= 0.3 is 0 Å². The minimum absolute atomic E-state index is 0.0574. The maximum Gasteiger partial charge on any atom is 0.118 e. The summed E-state index contributed by atoms with van der Waals surface area (Å²) < 4.78 is 7.15. The van der Waals surface area contributed by atoms with Crippen LogP contribution in [0.25, 0.3) is 10.9 Å². The van der Waals surface area contributed by atoms with Gasteiger partial charge in [0.2, 0.25) is 0 Å². The van der Waals surface area contributed by atoms with Crippen molar-refractivity contribution in [2.45, 2.75) is 6.04 Å². The molecule has 21 heavy (non-hydrogen) atoms. The van der Waals surface area contributed by atoms with Crippen LogP contribution < -0.4 is 10.1 Å². The van der Waals surface area contributed by atoms with Gasteiger partial charge in [-0.25, -0.2) is 0 Å². The summed E-state index contributed by atoms with van der Waals surface area (Å²) in [6.45, 7) is 0. The molecule has 0 saturated heterocycles. The van der Waals surface area contributed by atoms with Crippen molar-refractivity contribution in [1.29, 1.82) is 0 Å². The Bertz CT molecular complexity index is 746. The van der Waals surface area contributed by atoms with Gasteiger partial charge in [0.25, 0.3) is 0 Å². The first-order valence-corrected chi connectivity index (χ1v) is 6.97. The summed E-state index contributed by atoms with van der Waals surface area (Å²) in [5.41, 5.74) is 3.35. The lowest BCUT2D eigenvalue weighted by molar-refractivity contribution is 0.414. The van der Waals surface area contributed by atoms with Crippen molar-refractivity contribution < 1.29 is 4.74 Å². The number of methoxy groups -OCH3 is 1. The van der Waals surface area contributed by atoms with Crippen LogP contribution in [0.1, 0.15) is 17.3 Å². The van der Waals surface area contributed by atoms with Gasteiger partial charge in [0.15, 0.2) is 0 Å². The number of benzene rings is 2. The van der Waals surface area contributed by atoms with E-state index in [1.807, 2.05) is 43.0 Å². The van der Waals surface area contributed by atoms with Crippen LogP contribution in [0.2, 0.25) is 0 Å². The number of hydrogen-bond acceptors (Lipinski definition) is 3. The average molecular weight is 281 g/mol. The van der Waals surface area contributed by atoms with Gasteiger partial charge in [-0.15, -0.1) is 0 Å². The zero-order valence-electron chi connectivity index (χ0n) is 12.5. The molecule has 108 valence electrons. The maximum absolute atomic E-state index is 5.22. The standard InChI is InChI=1S/C17H19N3O/c1-18-16(12-8-10-13(21-3)11-9-12)17-14-6-4-5-7-15(14)20(2)19-17/h4-11,16,18H,1-3H3. The molecule has 0 aliphatic rings. The monoisotopic (exact) mass is 281 g/mol. The summed E-state index contributed by atoms with van der Waals surface area (Å²) in [6, 6.07) is 16.5. The molecule has 4 nitrogen and oxygen atoms in total. The third-order valence-electron chi connectivity index (χ3n) is 3.80. The molecular weight excluding hydrogens is 262 g/mol. The summed E-state index contributed by atoms with van der Waals surface area (Å²) in [6.07, 6.45) is 0. The number of rotatable bonds is 4. The number of para-hydroxylation sites is 1. The maximum atomic E-state index is 5.22. The van der Waals surface area contributed by atoms with E-state index in [-0.39, 0.29) is 6.04 Å². The minimum atomic E-state index is 0.0574. The third kappa shape index (κ3) is 2.38. The quantitative estimate of drug-likeness (QED) is 0.799. The summed E-state index contributed by atoms with van der Waals surface area (Å²) in [7, 11) is 5.61. The van der Waals surface area contributed by atoms with Crippen LogP contribution in [-0.2, 0) is 7.05 Å². The van der Waals surface area contributed by atoms with Gasteiger partial charge in [-0.05, 0) is 30.8 Å². The molecule has 1 unspecified atom stereocenters. The predicted octanol–water partition coefficient (Wildman–Crippen LogP) is 2.89. The van der Waals surface area contributed by atoms with E-state index < -0.39 is 0 Å². The van der Waals surface area contributed by atoms with Gasteiger partial charge in [-0.1, -0.05) is 30.3 Å². The Morgan fingerprint density at radius 2 is 1.81 bits per heavy atom. The number of fused-ring (bicyclic) bond motifs is 1. The molecule has 0 aliphatic carbocycles. The molecule has 3 aromatic rings. The average Bonchev–Trinajstić information content (AvgIpc) is 2.86. The van der Waals surface area contributed by atoms with Crippen LogP contribution in [-0.4, -0.2) is 23.9 Å². The first kappa shape index (κ1) is 13.6. The van der Waals surface area contributed by atoms with E-state index >= 15 is 0 Å². The van der Waals surface area contributed by atoms with E-state index in [0.717, 1.165) is 17.0 Å². The lowest BCUT2D eigenvalue weighted by Crippen LogP contribution is -2.18. The first-order chi connectivity index (χ1) is 10.2. The van der Waals surface area contributed by atoms with E-state index in [4.69, 9.17) is 9.84 Å². The number of aryl methyl sites for hydroxylation is 1. The highest BCUT2D eigenvalue weighted by molar-refractivity contribution is 5.82. The highest BCUT2D eigenvalue weighted by Gasteiger charge is 2.19. The van der Waals surface area contributed by atoms with Crippen LogP contribution >= 0.6 is 0 Å². The zero-order valence-corrected chi connectivity index (χ0v) is 12.5. The van der Waals surface area contributed by atoms with Crippen molar-refractivity contribution in [3.63, 3.8) is 0 Å². The van der Waals surface area contributed by atoms with Crippen LogP contribution in [0, 0.1) is 0 Å². The van der Waals surface area contributed by atoms with E-state index in [9.17, 15) is 0 Å². The summed E-state index contributed by atoms with van der Waals surface area (Å²) in [4.78, 5) is 0. The van der Waals surface area contributed by atoms with Gasteiger partial charge in [0, 0.05) is 12.4 Å². The molecule has 3 rings (SSSR count). The van der Waals surface area contributed by atoms with Crippen molar-refractivity contribution in [2.75, 3.05) is 14.2 Å². The van der Waals surface area contributed by atoms with Crippen molar-refractivity contribution in [2.24, 2.45) is 7.05 Å². The second-order valence-electron chi connectivity index (χ2n) is 5.02. The second-order valence-corrected chi connectivity index (χ2v) is 5.02. The number of aromatic nitrogens is 2.